The van der Waals surface area contributed by atoms with Gasteiger partial charge in [0, 0.05) is 0 Å². The number of hydrogen-bond acceptors (Lipinski definition) is 6. The summed E-state index contributed by atoms with van der Waals surface area (Å²) in [5.74, 6) is -2.04. The summed E-state index contributed by atoms with van der Waals surface area (Å²) in [6.07, 6.45) is 3.06. The highest BCUT2D eigenvalue weighted by Gasteiger charge is 2.58. The monoisotopic (exact) mass is 821 g/mol. The van der Waals surface area contributed by atoms with Crippen molar-refractivity contribution in [1.82, 2.24) is 0 Å². The average molecular weight is 822 g/mol. The van der Waals surface area contributed by atoms with E-state index in [-0.39, 0.29) is 35.5 Å². The van der Waals surface area contributed by atoms with Gasteiger partial charge in [-0.05, 0) is 111 Å². The van der Waals surface area contributed by atoms with Gasteiger partial charge in [0.15, 0.2) is 0 Å². The molecule has 0 bridgehead atoms. The molecule has 1 aliphatic carbocycles. The quantitative estimate of drug-likeness (QED) is 0.0598. The van der Waals surface area contributed by atoms with Crippen LogP contribution in [0, 0.1) is 17.8 Å². The van der Waals surface area contributed by atoms with Crippen molar-refractivity contribution in [3.05, 3.63) is 167 Å². The van der Waals surface area contributed by atoms with Gasteiger partial charge in [-0.25, -0.2) is 0 Å². The number of allylic oxidation sites excluding steroid dienone is 1. The Morgan fingerprint density at radius 1 is 0.847 bits per heavy atom. The maximum absolute atomic E-state index is 14.6. The number of nitrogens with zero attached hydrogens (tertiary/aromatic N) is 1. The Kier molecular flexibility index (Phi) is 11.7. The van der Waals surface area contributed by atoms with E-state index < -0.39 is 39.3 Å². The molecule has 0 aromatic heterocycles. The summed E-state index contributed by atoms with van der Waals surface area (Å²) in [6, 6.07) is 45.1. The molecule has 2 aliphatic heterocycles. The van der Waals surface area contributed by atoms with Crippen molar-refractivity contribution in [1.29, 1.82) is 0 Å². The number of halogens is 1. The Balaban J connectivity index is 1.23. The van der Waals surface area contributed by atoms with Crippen molar-refractivity contribution in [3.8, 4) is 5.75 Å². The van der Waals surface area contributed by atoms with Crippen molar-refractivity contribution in [2.24, 2.45) is 17.8 Å². The zero-order valence-electron chi connectivity index (χ0n) is 33.6. The third kappa shape index (κ3) is 7.90. The largest absolute Gasteiger partial charge is 0.508 e. The predicted octanol–water partition coefficient (Wildman–Crippen LogP) is 8.94. The van der Waals surface area contributed by atoms with E-state index in [1.807, 2.05) is 66.7 Å². The molecule has 5 aromatic rings. The lowest BCUT2D eigenvalue weighted by atomic mass is 9.58. The van der Waals surface area contributed by atoms with Gasteiger partial charge >= 0.3 is 7.12 Å². The van der Waals surface area contributed by atoms with Gasteiger partial charge in [-0.2, -0.15) is 0 Å². The number of amides is 2. The maximum Gasteiger partial charge on any atom is 0.455 e. The van der Waals surface area contributed by atoms with Gasteiger partial charge in [0.2, 0.25) is 11.8 Å². The average Bonchev–Trinajstić information content (AvgIpc) is 3.49. The molecule has 2 saturated heterocycles. The number of benzene rings is 5. The number of aromatic hydroxyl groups is 1. The topological polar surface area (TPSA) is 96.3 Å². The molecule has 0 unspecified atom stereocenters. The van der Waals surface area contributed by atoms with Crippen LogP contribution in [-0.4, -0.2) is 50.1 Å². The van der Waals surface area contributed by atoms with Crippen LogP contribution in [0.2, 0.25) is 16.4 Å². The van der Waals surface area contributed by atoms with E-state index in [2.05, 4.69) is 69.3 Å². The second kappa shape index (κ2) is 16.9. The Labute approximate surface area is 353 Å². The van der Waals surface area contributed by atoms with Crippen LogP contribution in [0.25, 0.3) is 11.6 Å². The molecule has 5 aromatic carbocycles. The fraction of sp³-hybridized carbons (Fsp3) is 0.265. The SMILES string of the molecule is CC(C)(C)[Si](OCC1=C2[C@@H](CC/C(=C/c3ccc(O)cc3Cl)c3ccccc3)OB(O)C[C@@H]2[C@@H]2C(=O)N(c3ccccc3)C(=O)[C@@H]2C1)(c1ccccc1)c1ccccc1. The van der Waals surface area contributed by atoms with Gasteiger partial charge in [-0.15, -0.1) is 0 Å². The third-order valence-corrected chi connectivity index (χ3v) is 17.6. The van der Waals surface area contributed by atoms with Crippen LogP contribution >= 0.6 is 11.6 Å². The molecular weight excluding hydrogens is 773 g/mol. The number of fused-ring (bicyclic) bond motifs is 3. The summed E-state index contributed by atoms with van der Waals surface area (Å²) in [4.78, 5) is 30.4. The number of phenolic OH excluding ortho intramolecular Hbond substituents is 1. The minimum Gasteiger partial charge on any atom is -0.508 e. The van der Waals surface area contributed by atoms with E-state index in [4.69, 9.17) is 20.7 Å². The number of para-hydroxylation sites is 1. The number of anilines is 1. The molecule has 300 valence electrons. The van der Waals surface area contributed by atoms with Gasteiger partial charge in [0.25, 0.3) is 8.32 Å². The first kappa shape index (κ1) is 40.7. The Morgan fingerprint density at radius 2 is 1.44 bits per heavy atom. The molecule has 2 N–H and O–H groups in total. The fourth-order valence-corrected chi connectivity index (χ4v) is 14.5. The number of carbonyl (C=O) groups is 2. The molecule has 0 spiro atoms. The molecule has 3 aliphatic rings. The molecule has 0 saturated carbocycles. The van der Waals surface area contributed by atoms with Crippen LogP contribution in [0.5, 0.6) is 5.75 Å². The molecule has 2 fully saturated rings. The number of imide groups is 1. The van der Waals surface area contributed by atoms with Gasteiger partial charge in [0.05, 0.1) is 35.3 Å². The van der Waals surface area contributed by atoms with E-state index in [9.17, 15) is 19.7 Å². The minimum absolute atomic E-state index is 0.0881. The Hall–Kier alpha value is -5.03. The number of phenols is 1. The number of rotatable bonds is 11. The van der Waals surface area contributed by atoms with Crippen LogP contribution in [0.15, 0.2) is 151 Å². The Morgan fingerprint density at radius 3 is 2.03 bits per heavy atom. The van der Waals surface area contributed by atoms with Crippen LogP contribution in [-0.2, 0) is 18.7 Å². The highest BCUT2D eigenvalue weighted by atomic mass is 35.5. The fourth-order valence-electron chi connectivity index (χ4n) is 9.74. The zero-order valence-corrected chi connectivity index (χ0v) is 35.4. The molecule has 7 nitrogen and oxygen atoms in total. The van der Waals surface area contributed by atoms with Crippen molar-refractivity contribution >= 4 is 66.6 Å². The summed E-state index contributed by atoms with van der Waals surface area (Å²) in [7, 11) is -4.14. The van der Waals surface area contributed by atoms with Crippen molar-refractivity contribution < 1.29 is 28.8 Å². The van der Waals surface area contributed by atoms with Gasteiger partial charge in [-0.1, -0.05) is 142 Å². The normalized spacial score (nSPS) is 21.1. The summed E-state index contributed by atoms with van der Waals surface area (Å²) < 4.78 is 14.1. The molecule has 10 heteroatoms. The van der Waals surface area contributed by atoms with Gasteiger partial charge in [0.1, 0.15) is 5.75 Å². The first-order chi connectivity index (χ1) is 28.5. The lowest BCUT2D eigenvalue weighted by Gasteiger charge is -2.46. The molecule has 4 atom stereocenters. The standard InChI is InChI=1S/C49H49BClNO6Si/c1-49(2,3)59(39-20-12-6-13-21-39,40-22-14-7-15-23-40)57-32-36-29-41-46(48(55)52(47(41)54)37-18-10-5-11-19-37)42-31-50(56)58-44(45(36)42)27-25-34(33-16-8-4-9-17-33)28-35-24-26-38(53)30-43(35)51/h4-24,26,28,30,41-42,44,46,53,56H,25,27,29,31-32H2,1-3H3/b34-28-/t41-,42+,44-,46-/m1/s1. The number of carbonyl (C=O) groups excluding carboxylic acids is 2. The molecule has 2 heterocycles. The van der Waals surface area contributed by atoms with E-state index in [0.717, 1.165) is 38.2 Å². The van der Waals surface area contributed by atoms with Crippen LogP contribution in [0.3, 0.4) is 0 Å². The Bertz CT molecular complexity index is 2330. The molecule has 0 radical (unpaired) electrons. The van der Waals surface area contributed by atoms with Crippen molar-refractivity contribution in [2.45, 2.75) is 57.5 Å². The second-order valence-electron chi connectivity index (χ2n) is 16.9. The minimum atomic E-state index is -3.01. The van der Waals surface area contributed by atoms with Crippen LogP contribution in [0.4, 0.5) is 5.69 Å². The van der Waals surface area contributed by atoms with E-state index >= 15 is 0 Å². The van der Waals surface area contributed by atoms with Crippen LogP contribution in [0.1, 0.15) is 51.2 Å². The van der Waals surface area contributed by atoms with E-state index in [1.165, 1.54) is 11.0 Å². The number of hydrogen-bond donors (Lipinski definition) is 2. The third-order valence-electron chi connectivity index (χ3n) is 12.3. The summed E-state index contributed by atoms with van der Waals surface area (Å²) >= 11 is 6.62. The second-order valence-corrected chi connectivity index (χ2v) is 21.6. The predicted molar refractivity (Wildman–Crippen MR) is 239 cm³/mol. The molecule has 2 amide bonds. The first-order valence-electron chi connectivity index (χ1n) is 20.4. The molecular formula is C49H49BClNO6Si. The molecule has 59 heavy (non-hydrogen) atoms. The zero-order chi connectivity index (χ0) is 41.3. The highest BCUT2D eigenvalue weighted by Crippen LogP contribution is 2.52. The van der Waals surface area contributed by atoms with Crippen LogP contribution < -0.4 is 15.3 Å². The molecule has 8 rings (SSSR count). The smallest absolute Gasteiger partial charge is 0.455 e. The van der Waals surface area contributed by atoms with Gasteiger partial charge in [-0.3, -0.25) is 14.5 Å². The lowest BCUT2D eigenvalue weighted by molar-refractivity contribution is -0.122. The van der Waals surface area contributed by atoms with Gasteiger partial charge < -0.3 is 19.2 Å². The van der Waals surface area contributed by atoms with E-state index in [1.54, 1.807) is 24.3 Å². The lowest BCUT2D eigenvalue weighted by Crippen LogP contribution is -2.66. The summed E-state index contributed by atoms with van der Waals surface area (Å²) in [5.41, 5.74) is 5.25. The first-order valence-corrected chi connectivity index (χ1v) is 22.7. The summed E-state index contributed by atoms with van der Waals surface area (Å²) in [5, 5.41) is 24.0. The van der Waals surface area contributed by atoms with Crippen molar-refractivity contribution in [3.63, 3.8) is 0 Å². The van der Waals surface area contributed by atoms with E-state index in [0.29, 0.717) is 30.0 Å². The highest BCUT2D eigenvalue weighted by molar-refractivity contribution is 6.99. The van der Waals surface area contributed by atoms with Crippen molar-refractivity contribution in [2.75, 3.05) is 11.5 Å². The summed E-state index contributed by atoms with van der Waals surface area (Å²) in [6.45, 7) is 6.98. The maximum atomic E-state index is 14.6.